The van der Waals surface area contributed by atoms with Crippen LogP contribution in [0.1, 0.15) is 23.4 Å². The van der Waals surface area contributed by atoms with Gasteiger partial charge in [-0.3, -0.25) is 4.90 Å². The van der Waals surface area contributed by atoms with Gasteiger partial charge in [0, 0.05) is 48.9 Å². The number of halogens is 1. The number of hydrogen-bond donors (Lipinski definition) is 1. The molecule has 2 aromatic carbocycles. The highest BCUT2D eigenvalue weighted by molar-refractivity contribution is 7.10. The molecule has 0 saturated carbocycles. The van der Waals surface area contributed by atoms with Gasteiger partial charge in [0.2, 0.25) is 0 Å². The normalized spacial score (nSPS) is 15.7. The van der Waals surface area contributed by atoms with E-state index in [-0.39, 0.29) is 11.9 Å². The number of benzene rings is 2. The predicted molar refractivity (Wildman–Crippen MR) is 123 cm³/mol. The zero-order chi connectivity index (χ0) is 22.1. The van der Waals surface area contributed by atoms with Crippen LogP contribution >= 0.6 is 11.3 Å². The van der Waals surface area contributed by atoms with E-state index in [0.717, 1.165) is 47.6 Å². The molecule has 0 radical (unpaired) electrons. The second kappa shape index (κ2) is 8.82. The number of nitrogens with one attached hydrogen (secondary N) is 1. The van der Waals surface area contributed by atoms with Crippen LogP contribution in [0.2, 0.25) is 0 Å². The minimum absolute atomic E-state index is 0.118. The monoisotopic (exact) mass is 450 g/mol. The van der Waals surface area contributed by atoms with Crippen molar-refractivity contribution in [1.82, 2.24) is 20.2 Å². The average Bonchev–Trinajstić information content (AvgIpc) is 3.46. The van der Waals surface area contributed by atoms with Gasteiger partial charge in [0.15, 0.2) is 0 Å². The molecule has 1 N–H and O–H groups in total. The lowest BCUT2D eigenvalue weighted by molar-refractivity contribution is -0.142. The highest BCUT2D eigenvalue weighted by Gasteiger charge is 2.27. The third kappa shape index (κ3) is 4.04. The number of carbonyl (C=O) groups excluding carboxylic acids is 1. The molecule has 0 spiro atoms. The maximum absolute atomic E-state index is 15.2. The Bertz CT molecular complexity index is 1250. The van der Waals surface area contributed by atoms with Crippen LogP contribution in [0.25, 0.3) is 22.0 Å². The zero-order valence-corrected chi connectivity index (χ0v) is 18.4. The van der Waals surface area contributed by atoms with Crippen LogP contribution in [0.5, 0.6) is 0 Å². The van der Waals surface area contributed by atoms with Crippen LogP contribution in [0.3, 0.4) is 0 Å². The van der Waals surface area contributed by atoms with Crippen molar-refractivity contribution in [2.24, 2.45) is 0 Å². The zero-order valence-electron chi connectivity index (χ0n) is 17.6. The van der Waals surface area contributed by atoms with Gasteiger partial charge in [-0.1, -0.05) is 23.0 Å². The fourth-order valence-electron chi connectivity index (χ4n) is 4.23. The van der Waals surface area contributed by atoms with Crippen LogP contribution in [0.4, 0.5) is 4.39 Å². The second-order valence-electron chi connectivity index (χ2n) is 7.81. The predicted octanol–water partition coefficient (Wildman–Crippen LogP) is 3.87. The Balaban J connectivity index is 1.55. The van der Waals surface area contributed by atoms with Crippen molar-refractivity contribution in [3.05, 3.63) is 76.4 Å². The van der Waals surface area contributed by atoms with Gasteiger partial charge in [-0.25, -0.2) is 9.18 Å². The highest BCUT2D eigenvalue weighted by Crippen LogP contribution is 2.36. The molecular weight excluding hydrogens is 427 g/mol. The fourth-order valence-corrected chi connectivity index (χ4v) is 5.11. The van der Waals surface area contributed by atoms with Gasteiger partial charge in [-0.15, -0.1) is 16.4 Å². The van der Waals surface area contributed by atoms with Gasteiger partial charge >= 0.3 is 5.97 Å². The Morgan fingerprint density at radius 2 is 1.94 bits per heavy atom. The third-order valence-electron chi connectivity index (χ3n) is 5.70. The molecule has 4 aromatic rings. The smallest absolute Gasteiger partial charge is 0.319 e. The summed E-state index contributed by atoms with van der Waals surface area (Å²) in [5.41, 5.74) is 3.26. The molecule has 1 fully saturated rings. The van der Waals surface area contributed by atoms with Gasteiger partial charge in [0.05, 0.1) is 12.2 Å². The minimum atomic E-state index is -0.435. The Labute approximate surface area is 189 Å². The molecular formula is C24H23FN4O2S. The lowest BCUT2D eigenvalue weighted by atomic mass is 9.96. The molecule has 32 heavy (non-hydrogen) atoms. The van der Waals surface area contributed by atoms with E-state index in [1.165, 1.54) is 11.8 Å². The summed E-state index contributed by atoms with van der Waals surface area (Å²) in [4.78, 5) is 21.1. The molecule has 1 atom stereocenters. The standard InChI is InChI=1S/C24H23FN4O2S/c1-16(30)31-29-22-7-5-17(13-19(22)15-27-29)18-4-6-21(25)20(14-18)24(23-3-2-12-32-23)28-10-8-26-9-11-28/h2-7,12-15,24,26H,8-11H2,1H3. The molecule has 164 valence electrons. The lowest BCUT2D eigenvalue weighted by Crippen LogP contribution is -2.45. The van der Waals surface area contributed by atoms with Crippen molar-refractivity contribution in [3.63, 3.8) is 0 Å². The van der Waals surface area contributed by atoms with E-state index >= 15 is 4.39 Å². The Kier molecular flexibility index (Phi) is 5.73. The van der Waals surface area contributed by atoms with E-state index < -0.39 is 5.97 Å². The van der Waals surface area contributed by atoms with Crippen LogP contribution < -0.4 is 10.2 Å². The molecule has 3 heterocycles. The summed E-state index contributed by atoms with van der Waals surface area (Å²) >= 11 is 1.66. The molecule has 0 amide bonds. The Morgan fingerprint density at radius 1 is 1.16 bits per heavy atom. The van der Waals surface area contributed by atoms with Crippen molar-refractivity contribution in [1.29, 1.82) is 0 Å². The topological polar surface area (TPSA) is 59.4 Å². The molecule has 1 saturated heterocycles. The van der Waals surface area contributed by atoms with Gasteiger partial charge in [-0.2, -0.15) is 0 Å². The summed E-state index contributed by atoms with van der Waals surface area (Å²) in [6, 6.07) is 15.1. The maximum atomic E-state index is 15.2. The van der Waals surface area contributed by atoms with Crippen LogP contribution in [-0.2, 0) is 4.79 Å². The number of fused-ring (bicyclic) bond motifs is 1. The number of carbonyl (C=O) groups is 1. The summed E-state index contributed by atoms with van der Waals surface area (Å²) < 4.78 is 15.2. The van der Waals surface area contributed by atoms with Gasteiger partial charge < -0.3 is 10.2 Å². The number of hydrogen-bond acceptors (Lipinski definition) is 6. The molecule has 5 rings (SSSR count). The number of piperazine rings is 1. The molecule has 6 nitrogen and oxygen atoms in total. The van der Waals surface area contributed by atoms with Crippen LogP contribution in [0, 0.1) is 5.82 Å². The fraction of sp³-hybridized carbons (Fsp3) is 0.250. The van der Waals surface area contributed by atoms with Gasteiger partial charge in [0.1, 0.15) is 11.3 Å². The number of thiophene rings is 1. The summed E-state index contributed by atoms with van der Waals surface area (Å²) in [7, 11) is 0. The van der Waals surface area contributed by atoms with Crippen molar-refractivity contribution in [2.75, 3.05) is 26.2 Å². The van der Waals surface area contributed by atoms with Crippen molar-refractivity contribution in [2.45, 2.75) is 13.0 Å². The highest BCUT2D eigenvalue weighted by atomic mass is 32.1. The molecule has 1 aliphatic rings. The quantitative estimate of drug-likeness (QED) is 0.500. The molecule has 1 aliphatic heterocycles. The molecule has 0 aliphatic carbocycles. The first-order chi connectivity index (χ1) is 15.6. The first-order valence-electron chi connectivity index (χ1n) is 10.5. The molecule has 1 unspecified atom stereocenters. The van der Waals surface area contributed by atoms with Crippen molar-refractivity contribution in [3.8, 4) is 11.1 Å². The second-order valence-corrected chi connectivity index (χ2v) is 8.79. The van der Waals surface area contributed by atoms with Crippen LogP contribution in [0.15, 0.2) is 60.1 Å². The van der Waals surface area contributed by atoms with Crippen molar-refractivity contribution < 1.29 is 14.0 Å². The van der Waals surface area contributed by atoms with Gasteiger partial charge in [-0.05, 0) is 46.8 Å². The maximum Gasteiger partial charge on any atom is 0.331 e. The summed E-state index contributed by atoms with van der Waals surface area (Å²) in [5, 5.41) is 10.4. The van der Waals surface area contributed by atoms with Crippen molar-refractivity contribution >= 4 is 28.2 Å². The third-order valence-corrected chi connectivity index (χ3v) is 6.63. The first kappa shape index (κ1) is 20.8. The molecule has 2 aromatic heterocycles. The summed E-state index contributed by atoms with van der Waals surface area (Å²) in [6.07, 6.45) is 1.65. The first-order valence-corrected chi connectivity index (χ1v) is 11.4. The van der Waals surface area contributed by atoms with E-state index in [4.69, 9.17) is 4.84 Å². The number of nitrogens with zero attached hydrogens (tertiary/aromatic N) is 3. The largest absolute Gasteiger partial charge is 0.331 e. The Morgan fingerprint density at radius 3 is 2.69 bits per heavy atom. The van der Waals surface area contributed by atoms with E-state index in [1.807, 2.05) is 35.7 Å². The van der Waals surface area contributed by atoms with E-state index in [1.54, 1.807) is 29.7 Å². The average molecular weight is 451 g/mol. The number of aromatic nitrogens is 2. The van der Waals surface area contributed by atoms with E-state index in [0.29, 0.717) is 11.1 Å². The van der Waals surface area contributed by atoms with E-state index in [2.05, 4.69) is 21.4 Å². The summed E-state index contributed by atoms with van der Waals surface area (Å²) in [5.74, 6) is -0.635. The lowest BCUT2D eigenvalue weighted by Gasteiger charge is -2.35. The van der Waals surface area contributed by atoms with E-state index in [9.17, 15) is 4.79 Å². The molecule has 8 heteroatoms. The molecule has 0 bridgehead atoms. The van der Waals surface area contributed by atoms with Gasteiger partial charge in [0.25, 0.3) is 0 Å². The minimum Gasteiger partial charge on any atom is -0.319 e. The van der Waals surface area contributed by atoms with Crippen LogP contribution in [-0.4, -0.2) is 47.0 Å². The Hall–Kier alpha value is -3.07. The number of rotatable bonds is 5. The SMILES string of the molecule is CC(=O)On1ncc2cc(-c3ccc(F)c(C(c4cccs4)N4CCNCC4)c3)ccc21. The summed E-state index contributed by atoms with van der Waals surface area (Å²) in [6.45, 7) is 4.86.